The summed E-state index contributed by atoms with van der Waals surface area (Å²) in [6, 6.07) is 7.39. The molecule has 2 aromatic rings. The number of nitrogens with zero attached hydrogens (tertiary/aromatic N) is 1. The molecule has 0 aliphatic heterocycles. The number of hydrogen-bond donors (Lipinski definition) is 3. The number of benzene rings is 1. The average molecular weight is 316 g/mol. The molecular formula is C15H16N4O4. The van der Waals surface area contributed by atoms with Crippen LogP contribution in [0.25, 0.3) is 11.1 Å². The molecule has 23 heavy (non-hydrogen) atoms. The van der Waals surface area contributed by atoms with E-state index in [0.29, 0.717) is 17.9 Å². The van der Waals surface area contributed by atoms with Gasteiger partial charge in [0, 0.05) is 18.9 Å². The van der Waals surface area contributed by atoms with Crippen LogP contribution in [0, 0.1) is 0 Å². The van der Waals surface area contributed by atoms with Crippen LogP contribution in [0.5, 0.6) is 0 Å². The van der Waals surface area contributed by atoms with Gasteiger partial charge in [0.15, 0.2) is 11.5 Å². The third-order valence-corrected chi connectivity index (χ3v) is 3.34. The van der Waals surface area contributed by atoms with Gasteiger partial charge in [-0.05, 0) is 25.0 Å². The van der Waals surface area contributed by atoms with Gasteiger partial charge in [-0.1, -0.05) is 12.1 Å². The summed E-state index contributed by atoms with van der Waals surface area (Å²) in [5.74, 6) is -1.61. The Labute approximate surface area is 131 Å². The van der Waals surface area contributed by atoms with Crippen molar-refractivity contribution in [1.82, 2.24) is 21.2 Å². The van der Waals surface area contributed by atoms with Gasteiger partial charge in [0.2, 0.25) is 5.91 Å². The van der Waals surface area contributed by atoms with Crippen LogP contribution in [-0.4, -0.2) is 28.7 Å². The Kier molecular flexibility index (Phi) is 4.22. The summed E-state index contributed by atoms with van der Waals surface area (Å²) in [6.45, 7) is 0. The molecule has 1 saturated carbocycles. The van der Waals surface area contributed by atoms with Crippen molar-refractivity contribution in [2.75, 3.05) is 0 Å². The second-order valence-corrected chi connectivity index (χ2v) is 5.33. The first-order valence-electron chi connectivity index (χ1n) is 7.36. The van der Waals surface area contributed by atoms with Crippen molar-refractivity contribution in [3.63, 3.8) is 0 Å². The molecule has 8 nitrogen and oxygen atoms in total. The molecule has 1 heterocycles. The molecule has 3 N–H and O–H groups in total. The molecule has 120 valence electrons. The fourth-order valence-corrected chi connectivity index (χ4v) is 1.97. The molecule has 3 rings (SSSR count). The number of amides is 3. The molecule has 1 aromatic heterocycles. The van der Waals surface area contributed by atoms with Crippen molar-refractivity contribution >= 4 is 28.8 Å². The number of nitrogens with one attached hydrogen (secondary N) is 3. The van der Waals surface area contributed by atoms with E-state index in [9.17, 15) is 14.4 Å². The molecule has 0 spiro atoms. The zero-order valence-electron chi connectivity index (χ0n) is 12.3. The number of fused-ring (bicyclic) bond motifs is 1. The summed E-state index contributed by atoms with van der Waals surface area (Å²) in [4.78, 5) is 38.7. The summed E-state index contributed by atoms with van der Waals surface area (Å²) in [5.41, 5.74) is 5.66. The van der Waals surface area contributed by atoms with E-state index >= 15 is 0 Å². The number of hydrazine groups is 1. The van der Waals surface area contributed by atoms with E-state index in [4.69, 9.17) is 4.42 Å². The maximum Gasteiger partial charge on any atom is 0.327 e. The van der Waals surface area contributed by atoms with Crippen molar-refractivity contribution in [2.45, 2.75) is 31.7 Å². The van der Waals surface area contributed by atoms with Gasteiger partial charge < -0.3 is 9.73 Å². The second-order valence-electron chi connectivity index (χ2n) is 5.33. The minimum atomic E-state index is -0.882. The molecule has 3 amide bonds. The van der Waals surface area contributed by atoms with E-state index in [1.807, 2.05) is 18.2 Å². The molecule has 8 heteroatoms. The van der Waals surface area contributed by atoms with Gasteiger partial charge in [0.05, 0.1) is 0 Å². The predicted octanol–water partition coefficient (Wildman–Crippen LogP) is 0.186. The Hall–Kier alpha value is -2.90. The van der Waals surface area contributed by atoms with Gasteiger partial charge in [-0.2, -0.15) is 0 Å². The number of para-hydroxylation sites is 2. The Bertz CT molecular complexity index is 718. The van der Waals surface area contributed by atoms with E-state index in [2.05, 4.69) is 21.2 Å². The first kappa shape index (κ1) is 15.0. The molecule has 1 fully saturated rings. The minimum absolute atomic E-state index is 0.0807. The van der Waals surface area contributed by atoms with Crippen LogP contribution in [0.4, 0.5) is 0 Å². The fourth-order valence-electron chi connectivity index (χ4n) is 1.97. The van der Waals surface area contributed by atoms with Crippen LogP contribution < -0.4 is 16.2 Å². The molecular weight excluding hydrogens is 300 g/mol. The third kappa shape index (κ3) is 4.06. The lowest BCUT2D eigenvalue weighted by atomic mass is 10.3. The Morgan fingerprint density at radius 1 is 1.13 bits per heavy atom. The van der Waals surface area contributed by atoms with Gasteiger partial charge >= 0.3 is 11.8 Å². The SMILES string of the molecule is O=C(CCc1nc2ccccc2o1)NNC(=O)C(=O)NC1CC1. The average Bonchev–Trinajstić information content (AvgIpc) is 3.26. The van der Waals surface area contributed by atoms with Crippen molar-refractivity contribution in [3.8, 4) is 0 Å². The number of carbonyl (C=O) groups excluding carboxylic acids is 3. The van der Waals surface area contributed by atoms with Crippen LogP contribution in [0.1, 0.15) is 25.2 Å². The zero-order chi connectivity index (χ0) is 16.2. The number of aryl methyl sites for hydroxylation is 1. The summed E-state index contributed by atoms with van der Waals surface area (Å²) >= 11 is 0. The highest BCUT2D eigenvalue weighted by Crippen LogP contribution is 2.18. The van der Waals surface area contributed by atoms with Crippen LogP contribution in [0.3, 0.4) is 0 Å². The number of aromatic nitrogens is 1. The van der Waals surface area contributed by atoms with E-state index in [0.717, 1.165) is 18.4 Å². The first-order chi connectivity index (χ1) is 11.1. The molecule has 0 radical (unpaired) electrons. The van der Waals surface area contributed by atoms with Gasteiger partial charge in [0.1, 0.15) is 5.52 Å². The smallest absolute Gasteiger partial charge is 0.327 e. The summed E-state index contributed by atoms with van der Waals surface area (Å²) in [5, 5.41) is 2.52. The van der Waals surface area contributed by atoms with Crippen molar-refractivity contribution in [2.24, 2.45) is 0 Å². The van der Waals surface area contributed by atoms with E-state index in [-0.39, 0.29) is 12.5 Å². The second kappa shape index (κ2) is 6.47. The van der Waals surface area contributed by atoms with Crippen LogP contribution in [-0.2, 0) is 20.8 Å². The highest BCUT2D eigenvalue weighted by molar-refractivity contribution is 6.35. The largest absolute Gasteiger partial charge is 0.441 e. The molecule has 1 aromatic carbocycles. The van der Waals surface area contributed by atoms with Crippen LogP contribution in [0.2, 0.25) is 0 Å². The fraction of sp³-hybridized carbons (Fsp3) is 0.333. The lowest BCUT2D eigenvalue weighted by Crippen LogP contribution is -2.49. The number of carbonyl (C=O) groups is 3. The normalized spacial score (nSPS) is 13.6. The predicted molar refractivity (Wildman–Crippen MR) is 79.8 cm³/mol. The van der Waals surface area contributed by atoms with Gasteiger partial charge in [-0.25, -0.2) is 4.98 Å². The minimum Gasteiger partial charge on any atom is -0.441 e. The van der Waals surface area contributed by atoms with Crippen LogP contribution >= 0.6 is 0 Å². The van der Waals surface area contributed by atoms with Crippen LogP contribution in [0.15, 0.2) is 28.7 Å². The Morgan fingerprint density at radius 2 is 1.91 bits per heavy atom. The highest BCUT2D eigenvalue weighted by Gasteiger charge is 2.26. The monoisotopic (exact) mass is 316 g/mol. The van der Waals surface area contributed by atoms with E-state index in [1.165, 1.54) is 0 Å². The molecule has 1 aliphatic carbocycles. The maximum atomic E-state index is 11.7. The quantitative estimate of drug-likeness (QED) is 0.550. The Balaban J connectivity index is 1.42. The zero-order valence-corrected chi connectivity index (χ0v) is 12.3. The molecule has 1 aliphatic rings. The van der Waals surface area contributed by atoms with Crippen molar-refractivity contribution in [1.29, 1.82) is 0 Å². The topological polar surface area (TPSA) is 113 Å². The third-order valence-electron chi connectivity index (χ3n) is 3.34. The van der Waals surface area contributed by atoms with Gasteiger partial charge in [-0.3, -0.25) is 25.2 Å². The highest BCUT2D eigenvalue weighted by atomic mass is 16.3. The lowest BCUT2D eigenvalue weighted by Gasteiger charge is -2.06. The maximum absolute atomic E-state index is 11.7. The van der Waals surface area contributed by atoms with Crippen molar-refractivity contribution in [3.05, 3.63) is 30.2 Å². The van der Waals surface area contributed by atoms with E-state index in [1.54, 1.807) is 6.07 Å². The molecule has 0 unspecified atom stereocenters. The number of rotatable bonds is 4. The molecule has 0 saturated heterocycles. The molecule has 0 bridgehead atoms. The summed E-state index contributed by atoms with van der Waals surface area (Å²) < 4.78 is 5.49. The lowest BCUT2D eigenvalue weighted by molar-refractivity contribution is -0.141. The van der Waals surface area contributed by atoms with Gasteiger partial charge in [-0.15, -0.1) is 0 Å². The summed E-state index contributed by atoms with van der Waals surface area (Å²) in [6.07, 6.45) is 2.15. The number of hydrogen-bond acceptors (Lipinski definition) is 5. The molecule has 0 atom stereocenters. The van der Waals surface area contributed by atoms with Gasteiger partial charge in [0.25, 0.3) is 0 Å². The first-order valence-corrected chi connectivity index (χ1v) is 7.36. The number of oxazole rings is 1. The van der Waals surface area contributed by atoms with Crippen molar-refractivity contribution < 1.29 is 18.8 Å². The standard InChI is InChI=1S/C15H16N4O4/c20-12(18-19-15(22)14(21)16-9-5-6-9)7-8-13-17-10-3-1-2-4-11(10)23-13/h1-4,9H,5-8H2,(H,16,21)(H,18,20)(H,19,22). The Morgan fingerprint density at radius 3 is 2.65 bits per heavy atom. The van der Waals surface area contributed by atoms with E-state index < -0.39 is 17.7 Å². The summed E-state index contributed by atoms with van der Waals surface area (Å²) in [7, 11) is 0.